The van der Waals surface area contributed by atoms with E-state index in [-0.39, 0.29) is 36.9 Å². The van der Waals surface area contributed by atoms with Gasteiger partial charge in [-0.3, -0.25) is 9.59 Å². The first-order valence-electron chi connectivity index (χ1n) is 9.91. The maximum Gasteiger partial charge on any atom is 0.417 e. The van der Waals surface area contributed by atoms with E-state index in [1.165, 1.54) is 18.2 Å². The van der Waals surface area contributed by atoms with Crippen LogP contribution in [0.25, 0.3) is 22.2 Å². The average Bonchev–Trinajstić information content (AvgIpc) is 3.25. The molecule has 0 saturated heterocycles. The van der Waals surface area contributed by atoms with Crippen molar-refractivity contribution in [3.05, 3.63) is 76.0 Å². The Balaban J connectivity index is 1.71. The Morgan fingerprint density at radius 1 is 1.09 bits per heavy atom. The Hall–Kier alpha value is -4.02. The monoisotopic (exact) mass is 458 g/mol. The van der Waals surface area contributed by atoms with Crippen LogP contribution in [0.2, 0.25) is 0 Å². The van der Waals surface area contributed by atoms with E-state index in [1.807, 2.05) is 0 Å². The van der Waals surface area contributed by atoms with Crippen molar-refractivity contribution in [3.63, 3.8) is 0 Å². The van der Waals surface area contributed by atoms with Crippen molar-refractivity contribution in [1.82, 2.24) is 19.9 Å². The minimum absolute atomic E-state index is 0.117. The molecule has 0 spiro atoms. The molecule has 0 radical (unpaired) electrons. The lowest BCUT2D eigenvalue weighted by Crippen LogP contribution is -2.26. The van der Waals surface area contributed by atoms with Gasteiger partial charge < -0.3 is 9.26 Å². The van der Waals surface area contributed by atoms with Crippen molar-refractivity contribution in [2.24, 2.45) is 0 Å². The van der Waals surface area contributed by atoms with Gasteiger partial charge >= 0.3 is 12.1 Å². The van der Waals surface area contributed by atoms with Crippen LogP contribution in [0.4, 0.5) is 13.2 Å². The smallest absolute Gasteiger partial charge is 0.417 e. The van der Waals surface area contributed by atoms with Gasteiger partial charge in [0.1, 0.15) is 6.54 Å². The molecule has 0 bridgehead atoms. The van der Waals surface area contributed by atoms with Gasteiger partial charge in [0.15, 0.2) is 0 Å². The van der Waals surface area contributed by atoms with E-state index in [0.29, 0.717) is 16.5 Å². The minimum Gasteiger partial charge on any atom is -0.466 e. The van der Waals surface area contributed by atoms with Gasteiger partial charge in [0.2, 0.25) is 11.7 Å². The molecule has 170 valence electrons. The molecule has 0 aliphatic carbocycles. The van der Waals surface area contributed by atoms with Gasteiger partial charge in [0.25, 0.3) is 5.56 Å². The first-order valence-corrected chi connectivity index (χ1v) is 9.91. The molecule has 0 unspecified atom stereocenters. The lowest BCUT2D eigenvalue weighted by atomic mass is 10.1. The van der Waals surface area contributed by atoms with Crippen LogP contribution in [-0.4, -0.2) is 32.5 Å². The van der Waals surface area contributed by atoms with Gasteiger partial charge in [0.05, 0.1) is 29.7 Å². The zero-order chi connectivity index (χ0) is 23.6. The van der Waals surface area contributed by atoms with Crippen LogP contribution in [0.1, 0.15) is 24.1 Å². The van der Waals surface area contributed by atoms with Crippen LogP contribution < -0.4 is 5.56 Å². The molecule has 0 aliphatic heterocycles. The molecule has 2 aromatic heterocycles. The molecule has 4 aromatic rings. The quantitative estimate of drug-likeness (QED) is 0.407. The van der Waals surface area contributed by atoms with E-state index in [9.17, 15) is 22.8 Å². The standard InChI is InChI=1S/C22H17F3N4O4/c1-2-32-19(30)11-17-13-7-3-4-8-14(13)21(31)29(27-17)12-18-26-20(28-33-18)15-9-5-6-10-16(15)22(23,24)25/h3-10H,2,11-12H2,1H3. The molecule has 8 nitrogen and oxygen atoms in total. The minimum atomic E-state index is -4.60. The van der Waals surface area contributed by atoms with E-state index in [1.54, 1.807) is 31.2 Å². The van der Waals surface area contributed by atoms with Crippen molar-refractivity contribution in [1.29, 1.82) is 0 Å². The highest BCUT2D eigenvalue weighted by Crippen LogP contribution is 2.35. The van der Waals surface area contributed by atoms with Crippen molar-refractivity contribution < 1.29 is 27.2 Å². The second kappa shape index (κ2) is 8.85. The summed E-state index contributed by atoms with van der Waals surface area (Å²) in [6.45, 7) is 1.58. The summed E-state index contributed by atoms with van der Waals surface area (Å²) in [4.78, 5) is 28.9. The summed E-state index contributed by atoms with van der Waals surface area (Å²) < 4.78 is 51.0. The molecular formula is C22H17F3N4O4. The van der Waals surface area contributed by atoms with Crippen LogP contribution in [0, 0.1) is 0 Å². The van der Waals surface area contributed by atoms with Gasteiger partial charge in [0, 0.05) is 10.9 Å². The molecule has 4 rings (SSSR count). The number of rotatable bonds is 6. The highest BCUT2D eigenvalue weighted by Gasteiger charge is 2.34. The number of carbonyl (C=O) groups is 1. The summed E-state index contributed by atoms with van der Waals surface area (Å²) in [5, 5.41) is 8.70. The zero-order valence-electron chi connectivity index (χ0n) is 17.3. The molecular weight excluding hydrogens is 441 g/mol. The van der Waals surface area contributed by atoms with Crippen LogP contribution in [0.15, 0.2) is 57.8 Å². The topological polar surface area (TPSA) is 100 Å². The van der Waals surface area contributed by atoms with Gasteiger partial charge in [-0.2, -0.15) is 23.3 Å². The highest BCUT2D eigenvalue weighted by molar-refractivity contribution is 5.86. The summed E-state index contributed by atoms with van der Waals surface area (Å²) in [5.41, 5.74) is -1.32. The number of ether oxygens (including phenoxy) is 1. The van der Waals surface area contributed by atoms with E-state index in [4.69, 9.17) is 9.26 Å². The molecule has 0 fully saturated rings. The van der Waals surface area contributed by atoms with Crippen LogP contribution >= 0.6 is 0 Å². The Kier molecular flexibility index (Phi) is 5.95. The number of aromatic nitrogens is 4. The maximum atomic E-state index is 13.3. The Bertz CT molecular complexity index is 1380. The van der Waals surface area contributed by atoms with Crippen molar-refractivity contribution in [3.8, 4) is 11.4 Å². The van der Waals surface area contributed by atoms with E-state index < -0.39 is 23.3 Å². The molecule has 0 saturated carbocycles. The Labute approximate surface area is 184 Å². The fourth-order valence-electron chi connectivity index (χ4n) is 3.37. The number of hydrogen-bond acceptors (Lipinski definition) is 7. The number of halogens is 3. The third-order valence-electron chi connectivity index (χ3n) is 4.79. The molecule has 2 heterocycles. The van der Waals surface area contributed by atoms with Gasteiger partial charge in [-0.25, -0.2) is 4.68 Å². The molecule has 33 heavy (non-hydrogen) atoms. The second-order valence-electron chi connectivity index (χ2n) is 6.99. The van der Waals surface area contributed by atoms with Crippen LogP contribution in [0.3, 0.4) is 0 Å². The van der Waals surface area contributed by atoms with Gasteiger partial charge in [-0.15, -0.1) is 0 Å². The number of carbonyl (C=O) groups excluding carboxylic acids is 1. The SMILES string of the molecule is CCOC(=O)Cc1nn(Cc2nc(-c3ccccc3C(F)(F)F)no2)c(=O)c2ccccc12. The predicted molar refractivity (Wildman–Crippen MR) is 110 cm³/mol. The first-order chi connectivity index (χ1) is 15.8. The third-order valence-corrected chi connectivity index (χ3v) is 4.79. The summed E-state index contributed by atoms with van der Waals surface area (Å²) >= 11 is 0. The maximum absolute atomic E-state index is 13.3. The van der Waals surface area contributed by atoms with Gasteiger partial charge in [-0.05, 0) is 19.1 Å². The highest BCUT2D eigenvalue weighted by atomic mass is 19.4. The van der Waals surface area contributed by atoms with Crippen LogP contribution in [0.5, 0.6) is 0 Å². The van der Waals surface area contributed by atoms with Crippen molar-refractivity contribution in [2.75, 3.05) is 6.61 Å². The van der Waals surface area contributed by atoms with E-state index in [0.717, 1.165) is 10.7 Å². The summed E-state index contributed by atoms with van der Waals surface area (Å²) in [6.07, 6.45) is -4.76. The fourth-order valence-corrected chi connectivity index (χ4v) is 3.37. The number of esters is 1. The Morgan fingerprint density at radius 3 is 2.52 bits per heavy atom. The number of nitrogens with zero attached hydrogens (tertiary/aromatic N) is 4. The van der Waals surface area contributed by atoms with E-state index >= 15 is 0 Å². The molecule has 0 aliphatic rings. The number of benzene rings is 2. The number of hydrogen-bond donors (Lipinski definition) is 0. The normalized spacial score (nSPS) is 11.6. The summed E-state index contributed by atoms with van der Waals surface area (Å²) in [5.74, 6) is -0.892. The lowest BCUT2D eigenvalue weighted by Gasteiger charge is -2.10. The number of alkyl halides is 3. The van der Waals surface area contributed by atoms with E-state index in [2.05, 4.69) is 15.2 Å². The van der Waals surface area contributed by atoms with Crippen LogP contribution in [-0.2, 0) is 28.7 Å². The zero-order valence-corrected chi connectivity index (χ0v) is 17.3. The average molecular weight is 458 g/mol. The largest absolute Gasteiger partial charge is 0.466 e. The molecule has 11 heteroatoms. The molecule has 0 amide bonds. The lowest BCUT2D eigenvalue weighted by molar-refractivity contribution is -0.142. The second-order valence-corrected chi connectivity index (χ2v) is 6.99. The predicted octanol–water partition coefficient (Wildman–Crippen LogP) is 3.62. The first kappa shape index (κ1) is 22.2. The Morgan fingerprint density at radius 2 is 1.79 bits per heavy atom. The van der Waals surface area contributed by atoms with Crippen molar-refractivity contribution in [2.45, 2.75) is 26.1 Å². The molecule has 0 atom stereocenters. The van der Waals surface area contributed by atoms with Crippen molar-refractivity contribution >= 4 is 16.7 Å². The third kappa shape index (κ3) is 4.61. The number of fused-ring (bicyclic) bond motifs is 1. The molecule has 0 N–H and O–H groups in total. The summed E-state index contributed by atoms with van der Waals surface area (Å²) in [7, 11) is 0. The van der Waals surface area contributed by atoms with Gasteiger partial charge in [-0.1, -0.05) is 41.6 Å². The fraction of sp³-hybridized carbons (Fsp3) is 0.227. The summed E-state index contributed by atoms with van der Waals surface area (Å²) in [6, 6.07) is 11.5. The molecule has 2 aromatic carbocycles.